The van der Waals surface area contributed by atoms with Gasteiger partial charge in [0.1, 0.15) is 17.2 Å². The van der Waals surface area contributed by atoms with Crippen LogP contribution in [0.5, 0.6) is 17.2 Å². The van der Waals surface area contributed by atoms with E-state index in [4.69, 9.17) is 15.3 Å². The number of carbonyl (C=O) groups is 1. The molecule has 19 heavy (non-hydrogen) atoms. The van der Waals surface area contributed by atoms with Gasteiger partial charge in [-0.05, 0) is 48.5 Å². The van der Waals surface area contributed by atoms with Gasteiger partial charge in [0.05, 0.1) is 0 Å². The van der Waals surface area contributed by atoms with E-state index in [9.17, 15) is 4.79 Å². The molecule has 0 aliphatic heterocycles. The highest BCUT2D eigenvalue weighted by Gasteiger charge is 1.93. The zero-order valence-electron chi connectivity index (χ0n) is 10.4. The van der Waals surface area contributed by atoms with Crippen LogP contribution < -0.4 is 5.32 Å². The molecule has 0 fully saturated rings. The van der Waals surface area contributed by atoms with Crippen LogP contribution in [0.2, 0.25) is 0 Å². The van der Waals surface area contributed by atoms with Crippen molar-refractivity contribution < 1.29 is 20.1 Å². The predicted octanol–water partition coefficient (Wildman–Crippen LogP) is 2.45. The summed E-state index contributed by atoms with van der Waals surface area (Å²) in [5.41, 5.74) is 0.690. The maximum absolute atomic E-state index is 10.5. The Hall–Kier alpha value is -2.69. The maximum Gasteiger partial charge on any atom is 0.221 e. The molecule has 0 atom stereocenters. The lowest BCUT2D eigenvalue weighted by molar-refractivity contribution is -0.114. The Morgan fingerprint density at radius 1 is 0.789 bits per heavy atom. The average molecular weight is 261 g/mol. The van der Waals surface area contributed by atoms with E-state index in [-0.39, 0.29) is 23.2 Å². The van der Waals surface area contributed by atoms with Crippen molar-refractivity contribution in [3.05, 3.63) is 48.5 Å². The average Bonchev–Trinajstić information content (AvgIpc) is 2.36. The Morgan fingerprint density at radius 3 is 1.42 bits per heavy atom. The molecule has 2 aromatic carbocycles. The smallest absolute Gasteiger partial charge is 0.221 e. The molecule has 0 unspecified atom stereocenters. The van der Waals surface area contributed by atoms with E-state index in [1.165, 1.54) is 43.3 Å². The van der Waals surface area contributed by atoms with E-state index in [1.807, 2.05) is 0 Å². The number of carbonyl (C=O) groups excluding carboxylic acids is 1. The third kappa shape index (κ3) is 5.97. The van der Waals surface area contributed by atoms with Crippen LogP contribution in [-0.2, 0) is 4.79 Å². The van der Waals surface area contributed by atoms with Crippen molar-refractivity contribution in [2.75, 3.05) is 5.32 Å². The van der Waals surface area contributed by atoms with Crippen LogP contribution in [0.25, 0.3) is 0 Å². The van der Waals surface area contributed by atoms with E-state index in [0.717, 1.165) is 0 Å². The molecular formula is C14H15NO4. The Morgan fingerprint density at radius 2 is 1.11 bits per heavy atom. The van der Waals surface area contributed by atoms with Crippen LogP contribution >= 0.6 is 0 Å². The number of rotatable bonds is 1. The van der Waals surface area contributed by atoms with E-state index in [0.29, 0.717) is 5.69 Å². The summed E-state index contributed by atoms with van der Waals surface area (Å²) in [7, 11) is 0. The first-order valence-electron chi connectivity index (χ1n) is 5.52. The summed E-state index contributed by atoms with van der Waals surface area (Å²) in [5.74, 6) is 0.417. The highest BCUT2D eigenvalue weighted by atomic mass is 16.3. The minimum Gasteiger partial charge on any atom is -0.508 e. The minimum atomic E-state index is -0.115. The van der Waals surface area contributed by atoms with Gasteiger partial charge >= 0.3 is 0 Å². The Labute approximate surface area is 110 Å². The van der Waals surface area contributed by atoms with Crippen molar-refractivity contribution in [3.63, 3.8) is 0 Å². The second-order valence-corrected chi connectivity index (χ2v) is 3.74. The molecule has 0 aliphatic rings. The highest BCUT2D eigenvalue weighted by molar-refractivity contribution is 5.88. The number of phenols is 3. The van der Waals surface area contributed by atoms with Crippen LogP contribution in [0.1, 0.15) is 6.92 Å². The van der Waals surface area contributed by atoms with E-state index >= 15 is 0 Å². The minimum absolute atomic E-state index is 0.115. The first-order valence-corrected chi connectivity index (χ1v) is 5.52. The molecule has 0 saturated carbocycles. The fourth-order valence-corrected chi connectivity index (χ4v) is 1.20. The summed E-state index contributed by atoms with van der Waals surface area (Å²) >= 11 is 0. The number of hydrogen-bond acceptors (Lipinski definition) is 4. The van der Waals surface area contributed by atoms with Crippen molar-refractivity contribution in [1.29, 1.82) is 0 Å². The van der Waals surface area contributed by atoms with Gasteiger partial charge in [0, 0.05) is 12.6 Å². The lowest BCUT2D eigenvalue weighted by Gasteiger charge is -1.99. The summed E-state index contributed by atoms with van der Waals surface area (Å²) in [6.07, 6.45) is 0. The number of hydrogen-bond donors (Lipinski definition) is 4. The van der Waals surface area contributed by atoms with E-state index in [2.05, 4.69) is 5.32 Å². The van der Waals surface area contributed by atoms with E-state index < -0.39 is 0 Å². The summed E-state index contributed by atoms with van der Waals surface area (Å²) in [4.78, 5) is 10.5. The molecule has 0 bridgehead atoms. The maximum atomic E-state index is 10.5. The van der Waals surface area contributed by atoms with Gasteiger partial charge in [0.25, 0.3) is 0 Å². The quantitative estimate of drug-likeness (QED) is 0.593. The second-order valence-electron chi connectivity index (χ2n) is 3.74. The molecule has 5 heteroatoms. The standard InChI is InChI=1S/C8H9NO2.C6H6O2/c1-6(10)9-7-2-4-8(11)5-3-7;7-5-1-2-6(8)4-3-5/h2-5,11H,1H3,(H,9,10);1-4,7-8H. The molecule has 4 N–H and O–H groups in total. The van der Waals surface area contributed by atoms with Gasteiger partial charge in [-0.1, -0.05) is 0 Å². The number of benzene rings is 2. The molecule has 2 aromatic rings. The fraction of sp³-hybridized carbons (Fsp3) is 0.0714. The molecule has 0 saturated heterocycles. The van der Waals surface area contributed by atoms with Gasteiger partial charge in [0.2, 0.25) is 5.91 Å². The number of aromatic hydroxyl groups is 3. The van der Waals surface area contributed by atoms with Crippen LogP contribution in [0.3, 0.4) is 0 Å². The largest absolute Gasteiger partial charge is 0.508 e. The monoisotopic (exact) mass is 261 g/mol. The SMILES string of the molecule is CC(=O)Nc1ccc(O)cc1.Oc1ccc(O)cc1. The normalized spacial score (nSPS) is 9.11. The number of phenolic OH excluding ortho intramolecular Hbond substituents is 3. The van der Waals surface area contributed by atoms with Crippen molar-refractivity contribution >= 4 is 11.6 Å². The lowest BCUT2D eigenvalue weighted by atomic mass is 10.3. The molecule has 0 spiro atoms. The van der Waals surface area contributed by atoms with Gasteiger partial charge in [-0.25, -0.2) is 0 Å². The van der Waals surface area contributed by atoms with Crippen molar-refractivity contribution in [3.8, 4) is 17.2 Å². The van der Waals surface area contributed by atoms with Gasteiger partial charge in [0.15, 0.2) is 0 Å². The molecule has 0 aliphatic carbocycles. The molecule has 100 valence electrons. The molecule has 0 aromatic heterocycles. The molecular weight excluding hydrogens is 246 g/mol. The van der Waals surface area contributed by atoms with Gasteiger partial charge < -0.3 is 20.6 Å². The van der Waals surface area contributed by atoms with Crippen molar-refractivity contribution in [1.82, 2.24) is 0 Å². The summed E-state index contributed by atoms with van der Waals surface area (Å²) < 4.78 is 0. The number of nitrogens with one attached hydrogen (secondary N) is 1. The lowest BCUT2D eigenvalue weighted by Crippen LogP contribution is -2.04. The van der Waals surface area contributed by atoms with Gasteiger partial charge in [-0.15, -0.1) is 0 Å². The van der Waals surface area contributed by atoms with Gasteiger partial charge in [-0.3, -0.25) is 4.79 Å². The second kappa shape index (κ2) is 6.90. The molecule has 2 rings (SSSR count). The van der Waals surface area contributed by atoms with E-state index in [1.54, 1.807) is 12.1 Å². The predicted molar refractivity (Wildman–Crippen MR) is 72.2 cm³/mol. The van der Waals surface area contributed by atoms with Crippen molar-refractivity contribution in [2.45, 2.75) is 6.92 Å². The molecule has 0 radical (unpaired) electrons. The third-order valence-corrected chi connectivity index (χ3v) is 2.04. The van der Waals surface area contributed by atoms with Crippen LogP contribution in [-0.4, -0.2) is 21.2 Å². The van der Waals surface area contributed by atoms with Gasteiger partial charge in [-0.2, -0.15) is 0 Å². The summed E-state index contributed by atoms with van der Waals surface area (Å²) in [6.45, 7) is 1.44. The molecule has 5 nitrogen and oxygen atoms in total. The first kappa shape index (κ1) is 14.4. The Balaban J connectivity index is 0.000000200. The summed E-state index contributed by atoms with van der Waals surface area (Å²) in [5, 5.41) is 28.8. The van der Waals surface area contributed by atoms with Crippen LogP contribution in [0.15, 0.2) is 48.5 Å². The Bertz CT molecular complexity index is 499. The van der Waals surface area contributed by atoms with Crippen LogP contribution in [0.4, 0.5) is 5.69 Å². The third-order valence-electron chi connectivity index (χ3n) is 2.04. The molecule has 0 heterocycles. The highest BCUT2D eigenvalue weighted by Crippen LogP contribution is 2.13. The number of amides is 1. The number of anilines is 1. The fourth-order valence-electron chi connectivity index (χ4n) is 1.20. The summed E-state index contributed by atoms with van der Waals surface area (Å²) in [6, 6.07) is 12.0. The topological polar surface area (TPSA) is 89.8 Å². The Kier molecular flexibility index (Phi) is 5.22. The zero-order chi connectivity index (χ0) is 14.3. The molecule has 1 amide bonds. The first-order chi connectivity index (χ1) is 8.97. The van der Waals surface area contributed by atoms with Crippen molar-refractivity contribution in [2.24, 2.45) is 0 Å². The van der Waals surface area contributed by atoms with Crippen LogP contribution in [0, 0.1) is 0 Å². The zero-order valence-corrected chi connectivity index (χ0v) is 10.4.